The summed E-state index contributed by atoms with van der Waals surface area (Å²) in [4.78, 5) is 12.0. The fourth-order valence-corrected chi connectivity index (χ4v) is 2.97. The van der Waals surface area contributed by atoms with Crippen molar-refractivity contribution in [3.05, 3.63) is 47.3 Å². The number of carbonyl (C=O) groups is 1. The highest BCUT2D eigenvalue weighted by atomic mass is 19.3. The van der Waals surface area contributed by atoms with Crippen LogP contribution >= 0.6 is 0 Å². The number of hydrogen-bond donors (Lipinski definition) is 5. The largest absolute Gasteiger partial charge is 0.479 e. The Morgan fingerprint density at radius 3 is 2.87 bits per heavy atom. The standard InChI is InChI=1S/C19H30F2N6O3/c1-13(18(23)30-8-4-19(2,20)21)9-15(22)12-26-11-14(10-17(29)24-6-7-28)16-3-5-25-27(16)26/h3,5,9,11,16,25,28H,4,6-8,10,12,22-23H2,1-2H3,(H,24,29)/b15-9-,18-13+. The average molecular weight is 428 g/mol. The molecule has 7 N–H and O–H groups in total. The van der Waals surface area contributed by atoms with Crippen LogP contribution in [0.3, 0.4) is 0 Å². The fourth-order valence-electron chi connectivity index (χ4n) is 2.97. The van der Waals surface area contributed by atoms with Crippen LogP contribution in [0.1, 0.15) is 26.7 Å². The Morgan fingerprint density at radius 2 is 2.20 bits per heavy atom. The van der Waals surface area contributed by atoms with Crippen molar-refractivity contribution in [1.29, 1.82) is 0 Å². The maximum absolute atomic E-state index is 12.9. The fraction of sp³-hybridized carbons (Fsp3) is 0.526. The Hall–Kier alpha value is -2.79. The van der Waals surface area contributed by atoms with Gasteiger partial charge < -0.3 is 32.1 Å². The SMILES string of the molecule is CC(/C=C(\N)CN1C=C(CC(=O)NCCO)C2C=CNN21)=C(/N)OCCC(C)(F)F. The number of allylic oxidation sites excluding steroid dienone is 2. The molecular formula is C19H30F2N6O3. The highest BCUT2D eigenvalue weighted by Crippen LogP contribution is 2.27. The summed E-state index contributed by atoms with van der Waals surface area (Å²) in [5.74, 6) is -2.95. The van der Waals surface area contributed by atoms with Gasteiger partial charge in [-0.2, -0.15) is 0 Å². The van der Waals surface area contributed by atoms with E-state index in [9.17, 15) is 13.6 Å². The molecular weight excluding hydrogens is 398 g/mol. The third-order valence-corrected chi connectivity index (χ3v) is 4.45. The van der Waals surface area contributed by atoms with Crippen molar-refractivity contribution in [3.63, 3.8) is 0 Å². The Bertz CT molecular complexity index is 745. The number of aliphatic hydroxyl groups is 1. The molecule has 2 aliphatic heterocycles. The monoisotopic (exact) mass is 428 g/mol. The molecule has 0 aromatic heterocycles. The van der Waals surface area contributed by atoms with Crippen LogP contribution in [0.25, 0.3) is 0 Å². The first-order valence-corrected chi connectivity index (χ1v) is 9.60. The van der Waals surface area contributed by atoms with E-state index in [1.807, 2.05) is 22.4 Å². The molecule has 168 valence electrons. The van der Waals surface area contributed by atoms with Crippen LogP contribution in [0.4, 0.5) is 8.78 Å². The third kappa shape index (κ3) is 6.92. The zero-order chi connectivity index (χ0) is 22.3. The lowest BCUT2D eigenvalue weighted by Gasteiger charge is -2.29. The first-order valence-electron chi connectivity index (χ1n) is 9.60. The molecule has 0 saturated heterocycles. The number of carbonyl (C=O) groups excluding carboxylic acids is 1. The summed E-state index contributed by atoms with van der Waals surface area (Å²) in [5, 5.41) is 15.1. The second kappa shape index (κ2) is 10.3. The van der Waals surface area contributed by atoms with Gasteiger partial charge in [-0.15, -0.1) is 5.12 Å². The van der Waals surface area contributed by atoms with Crippen molar-refractivity contribution in [2.75, 3.05) is 26.3 Å². The van der Waals surface area contributed by atoms with E-state index in [1.54, 1.807) is 19.2 Å². The Labute approximate surface area is 174 Å². The number of rotatable bonds is 11. The molecule has 0 bridgehead atoms. The zero-order valence-electron chi connectivity index (χ0n) is 17.2. The Balaban J connectivity index is 1.98. The van der Waals surface area contributed by atoms with Gasteiger partial charge in [0.25, 0.3) is 0 Å². The van der Waals surface area contributed by atoms with Gasteiger partial charge in [0.15, 0.2) is 5.88 Å². The molecule has 2 heterocycles. The molecule has 0 aromatic carbocycles. The lowest BCUT2D eigenvalue weighted by Crippen LogP contribution is -2.45. The topological polar surface area (TPSA) is 129 Å². The number of aliphatic hydroxyl groups excluding tert-OH is 1. The molecule has 2 rings (SSSR count). The second-order valence-corrected chi connectivity index (χ2v) is 7.26. The number of nitrogens with zero attached hydrogens (tertiary/aromatic N) is 2. The van der Waals surface area contributed by atoms with Crippen molar-refractivity contribution < 1.29 is 23.4 Å². The third-order valence-electron chi connectivity index (χ3n) is 4.45. The average Bonchev–Trinajstić information content (AvgIpc) is 3.23. The summed E-state index contributed by atoms with van der Waals surface area (Å²) in [6, 6.07) is -0.113. The summed E-state index contributed by atoms with van der Waals surface area (Å²) in [6.45, 7) is 2.71. The predicted molar refractivity (Wildman–Crippen MR) is 108 cm³/mol. The van der Waals surface area contributed by atoms with Crippen LogP contribution in [0, 0.1) is 0 Å². The number of nitrogens with one attached hydrogen (secondary N) is 2. The van der Waals surface area contributed by atoms with Gasteiger partial charge in [-0.05, 0) is 31.6 Å². The number of hydrazine groups is 2. The normalized spacial score (nSPS) is 19.9. The van der Waals surface area contributed by atoms with Crippen molar-refractivity contribution in [1.82, 2.24) is 20.9 Å². The molecule has 9 nitrogen and oxygen atoms in total. The second-order valence-electron chi connectivity index (χ2n) is 7.26. The Morgan fingerprint density at radius 1 is 1.47 bits per heavy atom. The maximum Gasteiger partial charge on any atom is 0.248 e. The van der Waals surface area contributed by atoms with Gasteiger partial charge in [-0.1, -0.05) is 0 Å². The summed E-state index contributed by atoms with van der Waals surface area (Å²) in [7, 11) is 0. The van der Waals surface area contributed by atoms with Crippen molar-refractivity contribution in [3.8, 4) is 0 Å². The number of alkyl halides is 2. The van der Waals surface area contributed by atoms with E-state index in [1.165, 1.54) is 0 Å². The molecule has 0 radical (unpaired) electrons. The Kier molecular flexibility index (Phi) is 8.07. The molecule has 1 unspecified atom stereocenters. The van der Waals surface area contributed by atoms with Crippen LogP contribution in [0.5, 0.6) is 0 Å². The van der Waals surface area contributed by atoms with Gasteiger partial charge in [0.05, 0.1) is 32.2 Å². The summed E-state index contributed by atoms with van der Waals surface area (Å²) >= 11 is 0. The highest BCUT2D eigenvalue weighted by molar-refractivity contribution is 5.79. The molecule has 1 atom stereocenters. The van der Waals surface area contributed by atoms with E-state index in [0.29, 0.717) is 17.8 Å². The smallest absolute Gasteiger partial charge is 0.248 e. The van der Waals surface area contributed by atoms with Gasteiger partial charge in [-0.3, -0.25) is 9.80 Å². The molecule has 1 amide bonds. The number of halogens is 2. The van der Waals surface area contributed by atoms with E-state index >= 15 is 0 Å². The summed E-state index contributed by atoms with van der Waals surface area (Å²) in [5.41, 5.74) is 16.9. The minimum atomic E-state index is -2.81. The van der Waals surface area contributed by atoms with E-state index in [2.05, 4.69) is 10.7 Å². The minimum absolute atomic E-state index is 0.0410. The molecule has 0 spiro atoms. The van der Waals surface area contributed by atoms with E-state index < -0.39 is 12.3 Å². The highest BCUT2D eigenvalue weighted by Gasteiger charge is 2.34. The quantitative estimate of drug-likeness (QED) is 0.236. The van der Waals surface area contributed by atoms with Crippen molar-refractivity contribution in [2.45, 2.75) is 38.7 Å². The lowest BCUT2D eigenvalue weighted by molar-refractivity contribution is -0.120. The summed E-state index contributed by atoms with van der Waals surface area (Å²) < 4.78 is 30.9. The van der Waals surface area contributed by atoms with Crippen LogP contribution in [0.2, 0.25) is 0 Å². The van der Waals surface area contributed by atoms with Crippen LogP contribution < -0.4 is 22.2 Å². The molecule has 2 aliphatic rings. The number of fused-ring (bicyclic) bond motifs is 1. The molecule has 0 aromatic rings. The maximum atomic E-state index is 12.9. The van der Waals surface area contributed by atoms with Crippen molar-refractivity contribution >= 4 is 5.91 Å². The number of hydrogen-bond acceptors (Lipinski definition) is 8. The molecule has 0 saturated carbocycles. The van der Waals surface area contributed by atoms with Crippen LogP contribution in [0.15, 0.2) is 47.3 Å². The molecule has 0 fully saturated rings. The molecule has 30 heavy (non-hydrogen) atoms. The van der Waals surface area contributed by atoms with Crippen LogP contribution in [-0.2, 0) is 9.53 Å². The minimum Gasteiger partial charge on any atom is -0.479 e. The number of nitrogens with two attached hydrogens (primary N) is 2. The zero-order valence-corrected chi connectivity index (χ0v) is 17.2. The van der Waals surface area contributed by atoms with E-state index in [0.717, 1.165) is 12.5 Å². The van der Waals surface area contributed by atoms with E-state index in [4.69, 9.17) is 21.3 Å². The van der Waals surface area contributed by atoms with E-state index in [-0.39, 0.29) is 44.0 Å². The van der Waals surface area contributed by atoms with Gasteiger partial charge in [-0.25, -0.2) is 8.78 Å². The first-order chi connectivity index (χ1) is 14.1. The number of ether oxygens (including phenoxy) is 1. The van der Waals surface area contributed by atoms with Crippen LogP contribution in [-0.4, -0.2) is 59.4 Å². The molecule has 0 aliphatic carbocycles. The lowest BCUT2D eigenvalue weighted by atomic mass is 10.1. The van der Waals surface area contributed by atoms with Gasteiger partial charge in [0.1, 0.15) is 0 Å². The van der Waals surface area contributed by atoms with Gasteiger partial charge >= 0.3 is 0 Å². The van der Waals surface area contributed by atoms with Crippen molar-refractivity contribution in [2.24, 2.45) is 11.5 Å². The first kappa shape index (κ1) is 23.5. The van der Waals surface area contributed by atoms with Gasteiger partial charge in [0, 0.05) is 36.6 Å². The predicted octanol–water partition coefficient (Wildman–Crippen LogP) is 0.397. The van der Waals surface area contributed by atoms with Gasteiger partial charge in [0.2, 0.25) is 11.8 Å². The summed E-state index contributed by atoms with van der Waals surface area (Å²) in [6.07, 6.45) is 6.92. The molecule has 11 heteroatoms. The number of amides is 1.